The lowest BCUT2D eigenvalue weighted by molar-refractivity contribution is 0.0721. The van der Waals surface area contributed by atoms with Crippen LogP contribution in [0.2, 0.25) is 0 Å². The number of benzene rings is 12. The minimum absolute atomic E-state index is 0.0117. The highest BCUT2D eigenvalue weighted by Crippen LogP contribution is 2.46. The number of unbranched alkanes of at least 4 members (excludes halogenated alkanes) is 3. The first kappa shape index (κ1) is 97.9. The number of hydrogen-bond acceptors (Lipinski definition) is 28. The van der Waals surface area contributed by atoms with E-state index in [0.717, 1.165) is 38.5 Å². The molecule has 0 spiro atoms. The topological polar surface area (TPSA) is 492 Å². The molecule has 16 aromatic rings. The van der Waals surface area contributed by atoms with Gasteiger partial charge in [0.15, 0.2) is 80.6 Å². The molecule has 28 nitrogen and oxygen atoms in total. The van der Waals surface area contributed by atoms with Gasteiger partial charge in [-0.2, -0.15) is 0 Å². The van der Waals surface area contributed by atoms with Crippen molar-refractivity contribution in [3.05, 3.63) is 324 Å². The van der Waals surface area contributed by atoms with Crippen LogP contribution in [-0.2, 0) is 25.7 Å². The molecule has 0 amide bonds. The molecule has 0 saturated heterocycles. The molecule has 4 heterocycles. The summed E-state index contributed by atoms with van der Waals surface area (Å²) in [5.74, 6) is -4.10. The molecule has 0 bridgehead atoms. The van der Waals surface area contributed by atoms with Crippen molar-refractivity contribution >= 4 is 191 Å². The van der Waals surface area contributed by atoms with Crippen LogP contribution in [0.4, 0.5) is 22.7 Å². The van der Waals surface area contributed by atoms with E-state index in [-0.39, 0.29) is 137 Å². The van der Waals surface area contributed by atoms with Gasteiger partial charge >= 0.3 is 23.9 Å². The third kappa shape index (κ3) is 22.2. The van der Waals surface area contributed by atoms with Gasteiger partial charge in [0, 0.05) is 93.7 Å². The molecular weight excluding hydrogens is 2090 g/mol. The predicted octanol–water partition coefficient (Wildman–Crippen LogP) is 23.2. The van der Waals surface area contributed by atoms with Gasteiger partial charge < -0.3 is 100 Å². The van der Waals surface area contributed by atoms with Crippen molar-refractivity contribution in [3.63, 3.8) is 0 Å². The molecule has 0 radical (unpaired) electrons. The molecule has 0 fully saturated rings. The molecule has 16 N–H and O–H groups in total. The summed E-state index contributed by atoms with van der Waals surface area (Å²) in [7, 11) is 0. The zero-order valence-electron chi connectivity index (χ0n) is 72.5. The number of ketones is 4. The van der Waals surface area contributed by atoms with Gasteiger partial charge in [0.2, 0.25) is 0 Å². The Morgan fingerprint density at radius 1 is 0.289 bits per heavy atom. The van der Waals surface area contributed by atoms with Gasteiger partial charge in [-0.1, -0.05) is 120 Å². The van der Waals surface area contributed by atoms with Crippen LogP contribution in [0.25, 0.3) is 43.9 Å². The highest BCUT2D eigenvalue weighted by Gasteiger charge is 2.32. The van der Waals surface area contributed by atoms with Gasteiger partial charge in [-0.05, 0) is 224 Å². The van der Waals surface area contributed by atoms with Gasteiger partial charge in [0.05, 0.1) is 83.3 Å². The van der Waals surface area contributed by atoms with E-state index in [9.17, 15) is 79.2 Å². The molecule has 0 atom stereocenters. The molecule has 0 saturated carbocycles. The summed E-state index contributed by atoms with van der Waals surface area (Å²) in [4.78, 5) is 104. The Kier molecular flexibility index (Phi) is 31.5. The van der Waals surface area contributed by atoms with Crippen molar-refractivity contribution in [2.24, 2.45) is 0 Å². The number of nitrogens with two attached hydrogens (primary N) is 4. The van der Waals surface area contributed by atoms with Crippen molar-refractivity contribution in [3.8, 4) is 69.0 Å². The summed E-state index contributed by atoms with van der Waals surface area (Å²) in [5.41, 5.74) is 27.8. The number of carbonyl (C=O) groups is 8. The first-order chi connectivity index (χ1) is 64.7. The third-order valence-corrected chi connectivity index (χ3v) is 24.1. The standard InChI is InChI=1S/C26H20Br2O6.C26H20I2O6.C26H24N2O6.C25H22N2O6/c3*1-2-3-9-20-23(24(30)15-10-17(27)25(31)18(28)11-15)16-12-19(29)22(13-21(16)33-20)34-26(32)14-7-5-4-6-8-14;1-2-6-19-22(23(29)14-9-16(26)24(30)17(27)10-14)15-11-18(28)21(12-20(15)32-19)33-25(31)13-7-4-3-5-8-13/h2*4-8,10-13,29,31H,2-3,9H2,1H3;4-8,10-13,29,31H,2-3,9,27-28H2,1H3;3-5,7-12,28,30H,2,6,26-27H2,1H3. The monoisotopic (exact) mass is 2170 g/mol. The predicted molar refractivity (Wildman–Crippen MR) is 532 cm³/mol. The van der Waals surface area contributed by atoms with E-state index in [1.54, 1.807) is 133 Å². The van der Waals surface area contributed by atoms with Crippen LogP contribution in [0.15, 0.2) is 245 Å². The van der Waals surface area contributed by atoms with Crippen molar-refractivity contribution in [2.75, 3.05) is 22.9 Å². The second kappa shape index (κ2) is 43.4. The number of furan rings is 4. The first-order valence-electron chi connectivity index (χ1n) is 42.2. The van der Waals surface area contributed by atoms with E-state index >= 15 is 0 Å². The summed E-state index contributed by atoms with van der Waals surface area (Å²) < 4.78 is 47.3. The molecule has 16 rings (SSSR count). The fourth-order valence-corrected chi connectivity index (χ4v) is 17.4. The Morgan fingerprint density at radius 2 is 0.519 bits per heavy atom. The smallest absolute Gasteiger partial charge is 0.343 e. The number of fused-ring (bicyclic) bond motifs is 4. The average Bonchev–Trinajstić information content (AvgIpc) is 1.63. The number of ether oxygens (including phenoxy) is 4. The second-order valence-electron chi connectivity index (χ2n) is 30.8. The molecule has 4 aromatic heterocycles. The lowest BCUT2D eigenvalue weighted by Crippen LogP contribution is -2.08. The number of phenols is 8. The number of halogens is 4. The van der Waals surface area contributed by atoms with Gasteiger partial charge in [-0.25, -0.2) is 19.2 Å². The normalized spacial score (nSPS) is 11.0. The Balaban J connectivity index is 0.000000152. The van der Waals surface area contributed by atoms with Crippen LogP contribution in [-0.4, -0.2) is 87.9 Å². The quantitative estimate of drug-likeness (QED) is 0.00568. The number of phenolic OH excluding ortho intramolecular Hbond substituents is 8. The molecule has 0 aliphatic rings. The highest BCUT2D eigenvalue weighted by atomic mass is 127. The van der Waals surface area contributed by atoms with Crippen LogP contribution >= 0.6 is 77.0 Å². The lowest BCUT2D eigenvalue weighted by Gasteiger charge is -2.08. The largest absolute Gasteiger partial charge is 0.506 e. The van der Waals surface area contributed by atoms with Crippen molar-refractivity contribution in [1.29, 1.82) is 0 Å². The van der Waals surface area contributed by atoms with Crippen LogP contribution in [0, 0.1) is 7.14 Å². The molecule has 12 aromatic carbocycles. The maximum atomic E-state index is 13.6. The van der Waals surface area contributed by atoms with Gasteiger partial charge in [-0.3, -0.25) is 19.2 Å². The number of aromatic hydroxyl groups is 8. The van der Waals surface area contributed by atoms with E-state index in [4.69, 9.17) is 59.6 Å². The maximum Gasteiger partial charge on any atom is 0.343 e. The average molecular weight is 2180 g/mol. The summed E-state index contributed by atoms with van der Waals surface area (Å²) in [5, 5.41) is 83.7. The van der Waals surface area contributed by atoms with E-state index < -0.39 is 35.4 Å². The molecule has 0 aliphatic heterocycles. The summed E-state index contributed by atoms with van der Waals surface area (Å²) >= 11 is 10.5. The van der Waals surface area contributed by atoms with Gasteiger partial charge in [0.1, 0.15) is 56.9 Å². The SMILES string of the molecule is CCCCc1oc2cc(OC(=O)c3ccccc3)c(O)cc2c1C(=O)c1cc(Br)c(O)c(Br)c1.CCCCc1oc2cc(OC(=O)c3ccccc3)c(O)cc2c1C(=O)c1cc(I)c(O)c(I)c1.CCCCc1oc2cc(OC(=O)c3ccccc3)c(O)cc2c1C(=O)c1cc(N)c(O)c(N)c1.CCCc1oc2cc(OC(=O)c3ccccc3)c(O)cc2c1C(=O)c1cc(N)c(O)c(N)c1. The number of aryl methyl sites for hydroxylation is 4. The van der Waals surface area contributed by atoms with Crippen molar-refractivity contribution in [2.45, 2.75) is 98.3 Å². The molecule has 0 aliphatic carbocycles. The van der Waals surface area contributed by atoms with Crippen molar-refractivity contribution in [1.82, 2.24) is 0 Å². The molecule has 32 heteroatoms. The third-order valence-electron chi connectivity index (χ3n) is 21.3. The minimum Gasteiger partial charge on any atom is -0.506 e. The van der Waals surface area contributed by atoms with Crippen LogP contribution < -0.4 is 41.9 Å². The Bertz CT molecular complexity index is 6670. The Morgan fingerprint density at radius 3 is 0.756 bits per heavy atom. The minimum atomic E-state index is -0.642. The Labute approximate surface area is 814 Å². The zero-order valence-corrected chi connectivity index (χ0v) is 80.0. The Hall–Kier alpha value is -14.6. The van der Waals surface area contributed by atoms with Gasteiger partial charge in [-0.15, -0.1) is 0 Å². The fourth-order valence-electron chi connectivity index (χ4n) is 14.4. The highest BCUT2D eigenvalue weighted by molar-refractivity contribution is 14.1. The molecule has 690 valence electrons. The number of hydrogen-bond donors (Lipinski definition) is 12. The first-order valence-corrected chi connectivity index (χ1v) is 46.0. The lowest BCUT2D eigenvalue weighted by atomic mass is 9.97. The van der Waals surface area contributed by atoms with E-state index in [0.29, 0.717) is 148 Å². The number of rotatable bonds is 27. The summed E-state index contributed by atoms with van der Waals surface area (Å²) in [6.45, 7) is 8.02. The molecule has 0 unspecified atom stereocenters. The van der Waals surface area contributed by atoms with Gasteiger partial charge in [0.25, 0.3) is 0 Å². The number of esters is 4. The van der Waals surface area contributed by atoms with Crippen LogP contribution in [0.3, 0.4) is 0 Å². The van der Waals surface area contributed by atoms with Crippen LogP contribution in [0.5, 0.6) is 69.0 Å². The van der Waals surface area contributed by atoms with E-state index in [1.165, 1.54) is 84.9 Å². The van der Waals surface area contributed by atoms with E-state index in [2.05, 4.69) is 31.9 Å². The van der Waals surface area contributed by atoms with E-state index in [1.807, 2.05) is 72.9 Å². The summed E-state index contributed by atoms with van der Waals surface area (Å²) in [6.07, 6.45) is 7.74. The zero-order chi connectivity index (χ0) is 96.9. The number of anilines is 4. The molecule has 135 heavy (non-hydrogen) atoms. The summed E-state index contributed by atoms with van der Waals surface area (Å²) in [6, 6.07) is 56.3. The second-order valence-corrected chi connectivity index (χ2v) is 34.9. The maximum absolute atomic E-state index is 13.6. The number of nitrogen functional groups attached to an aromatic ring is 4. The number of carbonyl (C=O) groups excluding carboxylic acids is 8. The molecular formula is C103H86Br2I2N4O24. The fraction of sp³-hybridized carbons (Fsp3) is 0.146. The van der Waals surface area contributed by atoms with Crippen LogP contribution in [0.1, 0.15) is 201 Å². The van der Waals surface area contributed by atoms with Crippen molar-refractivity contribution < 1.29 is 116 Å².